The molecule has 1 fully saturated rings. The Bertz CT molecular complexity index is 981. The summed E-state index contributed by atoms with van der Waals surface area (Å²) in [5.41, 5.74) is 1.08. The highest BCUT2D eigenvalue weighted by atomic mass is 19.1. The molecule has 1 heterocycles. The van der Waals surface area contributed by atoms with Crippen LogP contribution >= 0.6 is 0 Å². The molecule has 5 nitrogen and oxygen atoms in total. The van der Waals surface area contributed by atoms with Gasteiger partial charge in [-0.25, -0.2) is 9.18 Å². The lowest BCUT2D eigenvalue weighted by atomic mass is 10.1. The number of ether oxygens (including phenoxy) is 2. The normalized spacial score (nSPS) is 16.3. The molecule has 0 aromatic heterocycles. The first-order valence-corrected chi connectivity index (χ1v) is 9.44. The zero-order valence-electron chi connectivity index (χ0n) is 15.8. The predicted octanol–water partition coefficient (Wildman–Crippen LogP) is 5.22. The molecule has 0 bridgehead atoms. The van der Waals surface area contributed by atoms with Crippen molar-refractivity contribution in [3.05, 3.63) is 90.2 Å². The lowest BCUT2D eigenvalue weighted by molar-refractivity contribution is -0.0152. The third-order valence-electron chi connectivity index (χ3n) is 4.67. The number of morpholine rings is 1. The average Bonchev–Trinajstić information content (AvgIpc) is 2.75. The maximum atomic E-state index is 14.1. The number of para-hydroxylation sites is 1. The van der Waals surface area contributed by atoms with Crippen molar-refractivity contribution in [2.45, 2.75) is 6.10 Å². The highest BCUT2D eigenvalue weighted by Crippen LogP contribution is 2.26. The summed E-state index contributed by atoms with van der Waals surface area (Å²) >= 11 is 0. The first-order valence-electron chi connectivity index (χ1n) is 9.44. The SMILES string of the molecule is O=C(Nc1cccc(Oc2ccccc2)c1)N1CCO[C@H](c2ccccc2F)C1. The summed E-state index contributed by atoms with van der Waals surface area (Å²) in [6.45, 7) is 1.08. The maximum absolute atomic E-state index is 14.1. The summed E-state index contributed by atoms with van der Waals surface area (Å²) in [6, 6.07) is 22.9. The fourth-order valence-corrected chi connectivity index (χ4v) is 3.22. The molecule has 1 saturated heterocycles. The van der Waals surface area contributed by atoms with Crippen LogP contribution < -0.4 is 10.1 Å². The van der Waals surface area contributed by atoms with Crippen molar-refractivity contribution in [3.63, 3.8) is 0 Å². The summed E-state index contributed by atoms with van der Waals surface area (Å²) in [6.07, 6.45) is -0.483. The molecule has 1 aliphatic heterocycles. The quantitative estimate of drug-likeness (QED) is 0.662. The van der Waals surface area contributed by atoms with Gasteiger partial charge in [-0.1, -0.05) is 42.5 Å². The van der Waals surface area contributed by atoms with Crippen molar-refractivity contribution in [2.75, 3.05) is 25.0 Å². The third kappa shape index (κ3) is 4.73. The van der Waals surface area contributed by atoms with Crippen LogP contribution in [-0.4, -0.2) is 30.6 Å². The number of nitrogens with zero attached hydrogens (tertiary/aromatic N) is 1. The minimum Gasteiger partial charge on any atom is -0.457 e. The first kappa shape index (κ1) is 19.0. The average molecular weight is 392 g/mol. The summed E-state index contributed by atoms with van der Waals surface area (Å²) in [7, 11) is 0. The summed E-state index contributed by atoms with van der Waals surface area (Å²) in [5.74, 6) is 1.02. The van der Waals surface area contributed by atoms with E-state index >= 15 is 0 Å². The Hall–Kier alpha value is -3.38. The molecule has 4 rings (SSSR count). The number of rotatable bonds is 4. The van der Waals surface area contributed by atoms with Gasteiger partial charge in [0.25, 0.3) is 0 Å². The molecule has 0 saturated carbocycles. The van der Waals surface area contributed by atoms with Crippen LogP contribution in [-0.2, 0) is 4.74 Å². The Labute approximate surface area is 168 Å². The molecule has 6 heteroatoms. The number of halogens is 1. The van der Waals surface area contributed by atoms with Gasteiger partial charge in [0.05, 0.1) is 13.2 Å². The molecule has 1 aliphatic rings. The molecule has 0 spiro atoms. The minimum atomic E-state index is -0.483. The van der Waals surface area contributed by atoms with Gasteiger partial charge in [0.2, 0.25) is 0 Å². The van der Waals surface area contributed by atoms with Gasteiger partial charge in [0.15, 0.2) is 0 Å². The van der Waals surface area contributed by atoms with Crippen LogP contribution in [0.5, 0.6) is 11.5 Å². The van der Waals surface area contributed by atoms with Gasteiger partial charge in [0.1, 0.15) is 23.4 Å². The maximum Gasteiger partial charge on any atom is 0.322 e. The zero-order valence-corrected chi connectivity index (χ0v) is 15.8. The fourth-order valence-electron chi connectivity index (χ4n) is 3.22. The molecule has 0 radical (unpaired) electrons. The molecule has 2 amide bonds. The number of urea groups is 1. The molecule has 3 aromatic rings. The highest BCUT2D eigenvalue weighted by molar-refractivity contribution is 5.89. The van der Waals surface area contributed by atoms with Crippen molar-refractivity contribution in [1.29, 1.82) is 0 Å². The monoisotopic (exact) mass is 392 g/mol. The van der Waals surface area contributed by atoms with E-state index in [4.69, 9.17) is 9.47 Å². The first-order chi connectivity index (χ1) is 14.2. The number of amides is 2. The highest BCUT2D eigenvalue weighted by Gasteiger charge is 2.27. The second-order valence-corrected chi connectivity index (χ2v) is 6.70. The smallest absolute Gasteiger partial charge is 0.322 e. The number of hydrogen-bond acceptors (Lipinski definition) is 3. The second kappa shape index (κ2) is 8.75. The van der Waals surface area contributed by atoms with Crippen molar-refractivity contribution in [3.8, 4) is 11.5 Å². The largest absolute Gasteiger partial charge is 0.457 e. The van der Waals surface area contributed by atoms with Gasteiger partial charge in [-0.2, -0.15) is 0 Å². The van der Waals surface area contributed by atoms with Crippen molar-refractivity contribution < 1.29 is 18.7 Å². The van der Waals surface area contributed by atoms with E-state index in [0.717, 1.165) is 5.75 Å². The Morgan fingerprint density at radius 2 is 1.76 bits per heavy atom. The van der Waals surface area contributed by atoms with Gasteiger partial charge in [-0.15, -0.1) is 0 Å². The fraction of sp³-hybridized carbons (Fsp3) is 0.174. The van der Waals surface area contributed by atoms with E-state index in [1.165, 1.54) is 6.07 Å². The van der Waals surface area contributed by atoms with Crippen LogP contribution in [0.4, 0.5) is 14.9 Å². The standard InChI is InChI=1S/C23H21FN2O3/c24-21-12-5-4-11-20(21)22-16-26(13-14-28-22)23(27)25-17-7-6-10-19(15-17)29-18-8-2-1-3-9-18/h1-12,15,22H,13-14,16H2,(H,25,27)/t22-/m0/s1. The Morgan fingerprint density at radius 1 is 1.00 bits per heavy atom. The lowest BCUT2D eigenvalue weighted by Crippen LogP contribution is -2.44. The molecule has 148 valence electrons. The van der Waals surface area contributed by atoms with E-state index in [2.05, 4.69) is 5.32 Å². The van der Waals surface area contributed by atoms with Gasteiger partial charge >= 0.3 is 6.03 Å². The summed E-state index contributed by atoms with van der Waals surface area (Å²) < 4.78 is 25.5. The van der Waals surface area contributed by atoms with Crippen LogP contribution in [0.15, 0.2) is 78.9 Å². The number of hydrogen-bond donors (Lipinski definition) is 1. The molecule has 0 unspecified atom stereocenters. The number of benzene rings is 3. The molecule has 29 heavy (non-hydrogen) atoms. The van der Waals surface area contributed by atoms with Crippen LogP contribution in [0.25, 0.3) is 0 Å². The number of anilines is 1. The van der Waals surface area contributed by atoms with Crippen molar-refractivity contribution in [2.24, 2.45) is 0 Å². The van der Waals surface area contributed by atoms with Crippen LogP contribution in [0.2, 0.25) is 0 Å². The molecular weight excluding hydrogens is 371 g/mol. The number of carbonyl (C=O) groups is 1. The van der Waals surface area contributed by atoms with Crippen LogP contribution in [0.3, 0.4) is 0 Å². The predicted molar refractivity (Wildman–Crippen MR) is 109 cm³/mol. The zero-order chi connectivity index (χ0) is 20.1. The number of carbonyl (C=O) groups excluding carboxylic acids is 1. The summed E-state index contributed by atoms with van der Waals surface area (Å²) in [5, 5.41) is 2.88. The minimum absolute atomic E-state index is 0.258. The van der Waals surface area contributed by atoms with E-state index in [-0.39, 0.29) is 18.4 Å². The van der Waals surface area contributed by atoms with Crippen molar-refractivity contribution >= 4 is 11.7 Å². The van der Waals surface area contributed by atoms with E-state index in [1.807, 2.05) is 42.5 Å². The topological polar surface area (TPSA) is 50.8 Å². The van der Waals surface area contributed by atoms with E-state index in [0.29, 0.717) is 30.2 Å². The Morgan fingerprint density at radius 3 is 2.59 bits per heavy atom. The molecule has 0 aliphatic carbocycles. The second-order valence-electron chi connectivity index (χ2n) is 6.70. The molecule has 1 atom stereocenters. The van der Waals surface area contributed by atoms with E-state index in [9.17, 15) is 9.18 Å². The van der Waals surface area contributed by atoms with Gasteiger partial charge in [-0.3, -0.25) is 0 Å². The van der Waals surface area contributed by atoms with E-state index < -0.39 is 6.10 Å². The molecule has 3 aromatic carbocycles. The van der Waals surface area contributed by atoms with Crippen molar-refractivity contribution in [1.82, 2.24) is 4.90 Å². The van der Waals surface area contributed by atoms with Gasteiger partial charge < -0.3 is 19.7 Å². The van der Waals surface area contributed by atoms with E-state index in [1.54, 1.807) is 35.2 Å². The number of nitrogens with one attached hydrogen (secondary N) is 1. The van der Waals surface area contributed by atoms with Crippen LogP contribution in [0.1, 0.15) is 11.7 Å². The third-order valence-corrected chi connectivity index (χ3v) is 4.67. The Kier molecular flexibility index (Phi) is 5.72. The Balaban J connectivity index is 1.41. The van der Waals surface area contributed by atoms with Gasteiger partial charge in [0, 0.05) is 23.9 Å². The lowest BCUT2D eigenvalue weighted by Gasteiger charge is -2.33. The van der Waals surface area contributed by atoms with Gasteiger partial charge in [-0.05, 0) is 30.3 Å². The molecular formula is C23H21FN2O3. The summed E-state index contributed by atoms with van der Waals surface area (Å²) in [4.78, 5) is 14.4. The van der Waals surface area contributed by atoms with Crippen LogP contribution in [0, 0.1) is 5.82 Å². The molecule has 1 N–H and O–H groups in total.